The number of fused-ring (bicyclic) bond motifs is 9. The highest BCUT2D eigenvalue weighted by molar-refractivity contribution is 6.15. The predicted molar refractivity (Wildman–Crippen MR) is 226 cm³/mol. The molecular weight excluding hydrogens is 671 g/mol. The van der Waals surface area contributed by atoms with Gasteiger partial charge in [-0.15, -0.1) is 0 Å². The van der Waals surface area contributed by atoms with Gasteiger partial charge in [-0.1, -0.05) is 103 Å². The Morgan fingerprint density at radius 3 is 1.67 bits per heavy atom. The molecule has 0 aliphatic heterocycles. The summed E-state index contributed by atoms with van der Waals surface area (Å²) in [4.78, 5) is 3.72. The van der Waals surface area contributed by atoms with Crippen LogP contribution in [0.25, 0.3) is 98.5 Å². The molecule has 0 atom stereocenters. The Hall–Kier alpha value is -7.86. The van der Waals surface area contributed by atoms with Crippen LogP contribution < -0.4 is 0 Å². The van der Waals surface area contributed by atoms with E-state index in [4.69, 9.17) is 6.57 Å². The minimum Gasteiger partial charge on any atom is -0.309 e. The summed E-state index contributed by atoms with van der Waals surface area (Å²) in [5.74, 6) is 0. The summed E-state index contributed by atoms with van der Waals surface area (Å²) in [6.07, 6.45) is 0. The summed E-state index contributed by atoms with van der Waals surface area (Å²) in [5, 5.41) is 17.1. The summed E-state index contributed by atoms with van der Waals surface area (Å²) in [7, 11) is 0. The Kier molecular flexibility index (Phi) is 6.61. The average Bonchev–Trinajstić information content (AvgIpc) is 3.89. The third-order valence-electron chi connectivity index (χ3n) is 11.1. The number of hydrogen-bond acceptors (Lipinski definition) is 1. The first kappa shape index (κ1) is 30.7. The molecule has 0 spiro atoms. The van der Waals surface area contributed by atoms with Gasteiger partial charge < -0.3 is 13.7 Å². The fraction of sp³-hybridized carbons (Fsp3) is 0. The van der Waals surface area contributed by atoms with Crippen molar-refractivity contribution in [3.63, 3.8) is 0 Å². The second kappa shape index (κ2) is 11.8. The molecule has 0 amide bonds. The van der Waals surface area contributed by atoms with Crippen molar-refractivity contribution in [1.29, 1.82) is 5.26 Å². The van der Waals surface area contributed by atoms with Crippen molar-refractivity contribution in [2.45, 2.75) is 0 Å². The van der Waals surface area contributed by atoms with Crippen LogP contribution in [-0.4, -0.2) is 13.7 Å². The van der Waals surface area contributed by atoms with Crippen LogP contribution >= 0.6 is 0 Å². The topological polar surface area (TPSA) is 42.9 Å². The fourth-order valence-electron chi connectivity index (χ4n) is 8.77. The van der Waals surface area contributed by atoms with Crippen molar-refractivity contribution in [2.24, 2.45) is 0 Å². The number of nitriles is 1. The first-order valence-electron chi connectivity index (χ1n) is 18.3. The third-order valence-corrected chi connectivity index (χ3v) is 11.1. The highest BCUT2D eigenvalue weighted by Gasteiger charge is 2.22. The molecule has 5 nitrogen and oxygen atoms in total. The number of benzene rings is 8. The van der Waals surface area contributed by atoms with Crippen LogP contribution in [0.5, 0.6) is 0 Å². The van der Waals surface area contributed by atoms with Crippen LogP contribution in [0.15, 0.2) is 176 Å². The van der Waals surface area contributed by atoms with Gasteiger partial charge in [0, 0.05) is 38.2 Å². The summed E-state index contributed by atoms with van der Waals surface area (Å²) >= 11 is 0. The predicted octanol–water partition coefficient (Wildman–Crippen LogP) is 13.1. The largest absolute Gasteiger partial charge is 0.309 e. The van der Waals surface area contributed by atoms with E-state index < -0.39 is 0 Å². The smallest absolute Gasteiger partial charge is 0.188 e. The number of nitrogens with zero attached hydrogens (tertiary/aromatic N) is 5. The van der Waals surface area contributed by atoms with Crippen LogP contribution in [0.4, 0.5) is 5.69 Å². The van der Waals surface area contributed by atoms with E-state index in [0.29, 0.717) is 11.3 Å². The van der Waals surface area contributed by atoms with Crippen LogP contribution in [0, 0.1) is 17.9 Å². The fourth-order valence-corrected chi connectivity index (χ4v) is 8.77. The zero-order valence-corrected chi connectivity index (χ0v) is 29.5. The maximum atomic E-state index is 10.2. The summed E-state index contributed by atoms with van der Waals surface area (Å²) in [6.45, 7) is 7.65. The van der Waals surface area contributed by atoms with Crippen LogP contribution in [0.3, 0.4) is 0 Å². The van der Waals surface area contributed by atoms with Crippen molar-refractivity contribution in [3.05, 3.63) is 193 Å². The summed E-state index contributed by atoms with van der Waals surface area (Å²) < 4.78 is 7.06. The van der Waals surface area contributed by atoms with Gasteiger partial charge in [-0.2, -0.15) is 5.26 Å². The molecule has 3 aromatic heterocycles. The van der Waals surface area contributed by atoms with E-state index in [9.17, 15) is 5.26 Å². The molecule has 11 aromatic rings. The first-order chi connectivity index (χ1) is 27.2. The highest BCUT2D eigenvalue weighted by Crippen LogP contribution is 2.42. The van der Waals surface area contributed by atoms with Crippen molar-refractivity contribution in [2.75, 3.05) is 0 Å². The SMILES string of the molecule is [C-]#[N+]c1ccc2c(c1)c1ccccc1n2-c1cccc(-c2cc(C#N)ccc2-n2c3ccccc3c3cccc(-n4c5ccccc5c5ccccc54)c32)c1. The van der Waals surface area contributed by atoms with Gasteiger partial charge in [0.2, 0.25) is 0 Å². The van der Waals surface area contributed by atoms with Gasteiger partial charge in [-0.25, -0.2) is 4.85 Å². The Bertz CT molecular complexity index is 3420. The molecule has 5 heteroatoms. The van der Waals surface area contributed by atoms with E-state index in [0.717, 1.165) is 82.8 Å². The lowest BCUT2D eigenvalue weighted by atomic mass is 10.00. The first-order valence-corrected chi connectivity index (χ1v) is 18.3. The van der Waals surface area contributed by atoms with Crippen molar-refractivity contribution in [1.82, 2.24) is 13.7 Å². The standard InChI is InChI=1S/C50H29N5/c1-52-34-25-27-48-42(30-34)39-17-5-6-19-43(39)53(48)35-13-10-12-33(29-35)41-28-32(31-51)24-26-47(41)55-46-22-9-4-16-38(46)40-18-11-23-49(50(40)55)54-44-20-7-2-14-36(44)37-15-3-8-21-45(37)54/h2-30H. The Labute approximate surface area is 316 Å². The molecule has 0 bridgehead atoms. The molecule has 0 fully saturated rings. The number of para-hydroxylation sites is 5. The van der Waals surface area contributed by atoms with E-state index in [1.807, 2.05) is 36.4 Å². The van der Waals surface area contributed by atoms with E-state index in [1.165, 1.54) is 10.8 Å². The van der Waals surface area contributed by atoms with Gasteiger partial charge in [-0.3, -0.25) is 0 Å². The van der Waals surface area contributed by atoms with E-state index in [2.05, 4.69) is 164 Å². The number of aromatic nitrogens is 3. The molecule has 0 N–H and O–H groups in total. The Morgan fingerprint density at radius 2 is 1.00 bits per heavy atom. The minimum absolute atomic E-state index is 0.594. The quantitative estimate of drug-likeness (QED) is 0.169. The van der Waals surface area contributed by atoms with Crippen LogP contribution in [0.2, 0.25) is 0 Å². The second-order valence-corrected chi connectivity index (χ2v) is 14.0. The van der Waals surface area contributed by atoms with Crippen molar-refractivity contribution < 1.29 is 0 Å². The molecule has 0 unspecified atom stereocenters. The monoisotopic (exact) mass is 699 g/mol. The van der Waals surface area contributed by atoms with Gasteiger partial charge in [0.1, 0.15) is 0 Å². The zero-order valence-electron chi connectivity index (χ0n) is 29.5. The van der Waals surface area contributed by atoms with Gasteiger partial charge in [0.05, 0.1) is 62.7 Å². The van der Waals surface area contributed by atoms with Gasteiger partial charge >= 0.3 is 0 Å². The van der Waals surface area contributed by atoms with Gasteiger partial charge in [0.25, 0.3) is 0 Å². The van der Waals surface area contributed by atoms with E-state index in [-0.39, 0.29) is 0 Å². The third kappa shape index (κ3) is 4.45. The molecule has 3 heterocycles. The lowest BCUT2D eigenvalue weighted by molar-refractivity contribution is 1.13. The summed E-state index contributed by atoms with van der Waals surface area (Å²) in [5.41, 5.74) is 12.8. The molecule has 254 valence electrons. The van der Waals surface area contributed by atoms with E-state index in [1.54, 1.807) is 0 Å². The van der Waals surface area contributed by atoms with Crippen LogP contribution in [0.1, 0.15) is 5.56 Å². The highest BCUT2D eigenvalue weighted by atomic mass is 15.1. The van der Waals surface area contributed by atoms with Crippen LogP contribution in [-0.2, 0) is 0 Å². The lowest BCUT2D eigenvalue weighted by Gasteiger charge is -2.18. The molecule has 0 aliphatic carbocycles. The molecule has 0 aliphatic rings. The molecule has 0 saturated carbocycles. The van der Waals surface area contributed by atoms with Crippen molar-refractivity contribution in [3.8, 4) is 34.3 Å². The number of hydrogen-bond donors (Lipinski definition) is 0. The second-order valence-electron chi connectivity index (χ2n) is 14.0. The molecule has 0 saturated heterocycles. The number of rotatable bonds is 4. The lowest BCUT2D eigenvalue weighted by Crippen LogP contribution is -2.03. The maximum absolute atomic E-state index is 10.2. The molecule has 11 rings (SSSR count). The molecule has 8 aromatic carbocycles. The maximum Gasteiger partial charge on any atom is 0.188 e. The minimum atomic E-state index is 0.594. The molecule has 55 heavy (non-hydrogen) atoms. The molecular formula is C50H29N5. The van der Waals surface area contributed by atoms with Gasteiger partial charge in [0.15, 0.2) is 5.69 Å². The normalized spacial score (nSPS) is 11.6. The Morgan fingerprint density at radius 1 is 0.436 bits per heavy atom. The van der Waals surface area contributed by atoms with Crippen molar-refractivity contribution >= 4 is 71.1 Å². The Balaban J connectivity index is 1.21. The summed E-state index contributed by atoms with van der Waals surface area (Å²) in [6, 6.07) is 63.8. The van der Waals surface area contributed by atoms with E-state index >= 15 is 0 Å². The average molecular weight is 700 g/mol. The van der Waals surface area contributed by atoms with Gasteiger partial charge in [-0.05, 0) is 83.7 Å². The zero-order chi connectivity index (χ0) is 36.6. The molecule has 0 radical (unpaired) electrons.